The fraction of sp³-hybridized carbons (Fsp3) is 0.632. The van der Waals surface area contributed by atoms with Crippen LogP contribution in [0.1, 0.15) is 43.2 Å². The highest BCUT2D eigenvalue weighted by atomic mass is 16.5. The van der Waals surface area contributed by atoms with Crippen LogP contribution in [0.2, 0.25) is 0 Å². The van der Waals surface area contributed by atoms with Gasteiger partial charge >= 0.3 is 0 Å². The zero-order valence-corrected chi connectivity index (χ0v) is 14.4. The van der Waals surface area contributed by atoms with Crippen molar-refractivity contribution in [1.29, 1.82) is 0 Å². The predicted molar refractivity (Wildman–Crippen MR) is 94.4 cm³/mol. The second kappa shape index (κ2) is 8.60. The number of rotatable bonds is 6. The topological polar surface area (TPSA) is 67.6 Å². The van der Waals surface area contributed by atoms with Gasteiger partial charge in [0.1, 0.15) is 6.10 Å². The fourth-order valence-corrected chi connectivity index (χ4v) is 3.51. The lowest BCUT2D eigenvalue weighted by Crippen LogP contribution is -2.35. The standard InChI is InChI=1S/C19H29N3O2/c20-12-17-8-9-18(24-17)19(23)21-13-15-4-6-16(7-5-15)14-22-10-2-1-3-11-22/h4-7,17-18H,1-3,8-14,20H2,(H,21,23)/t17-,18+/m1/s1. The molecule has 24 heavy (non-hydrogen) atoms. The molecule has 2 heterocycles. The van der Waals surface area contributed by atoms with Crippen molar-refractivity contribution in [2.45, 2.75) is 57.4 Å². The van der Waals surface area contributed by atoms with E-state index in [2.05, 4.69) is 34.5 Å². The molecule has 0 spiro atoms. The summed E-state index contributed by atoms with van der Waals surface area (Å²) in [4.78, 5) is 14.6. The van der Waals surface area contributed by atoms with Gasteiger partial charge in [-0.25, -0.2) is 0 Å². The Kier molecular flexibility index (Phi) is 6.24. The molecule has 2 fully saturated rings. The fourth-order valence-electron chi connectivity index (χ4n) is 3.51. The maximum absolute atomic E-state index is 12.1. The van der Waals surface area contributed by atoms with E-state index >= 15 is 0 Å². The van der Waals surface area contributed by atoms with Crippen molar-refractivity contribution in [2.75, 3.05) is 19.6 Å². The summed E-state index contributed by atoms with van der Waals surface area (Å²) in [6, 6.07) is 8.56. The monoisotopic (exact) mass is 331 g/mol. The molecule has 2 aliphatic rings. The first-order valence-corrected chi connectivity index (χ1v) is 9.18. The molecule has 3 rings (SSSR count). The van der Waals surface area contributed by atoms with Gasteiger partial charge < -0.3 is 15.8 Å². The summed E-state index contributed by atoms with van der Waals surface area (Å²) >= 11 is 0. The number of hydrogen-bond donors (Lipinski definition) is 2. The second-order valence-corrected chi connectivity index (χ2v) is 6.93. The molecular formula is C19H29N3O2. The Labute approximate surface area is 144 Å². The SMILES string of the molecule is NC[C@H]1CC[C@@H](C(=O)NCc2ccc(CN3CCCCC3)cc2)O1. The summed E-state index contributed by atoms with van der Waals surface area (Å²) < 4.78 is 5.62. The van der Waals surface area contributed by atoms with E-state index in [1.807, 2.05) is 0 Å². The Hall–Kier alpha value is -1.43. The summed E-state index contributed by atoms with van der Waals surface area (Å²) in [5.41, 5.74) is 8.05. The van der Waals surface area contributed by atoms with Crippen LogP contribution in [-0.2, 0) is 22.6 Å². The third kappa shape index (κ3) is 4.79. The van der Waals surface area contributed by atoms with Gasteiger partial charge in [-0.3, -0.25) is 9.69 Å². The van der Waals surface area contributed by atoms with Crippen molar-refractivity contribution in [3.8, 4) is 0 Å². The highest BCUT2D eigenvalue weighted by Crippen LogP contribution is 2.19. The van der Waals surface area contributed by atoms with Gasteiger partial charge in [-0.15, -0.1) is 0 Å². The lowest BCUT2D eigenvalue weighted by molar-refractivity contribution is -0.132. The van der Waals surface area contributed by atoms with Crippen LogP contribution in [0.5, 0.6) is 0 Å². The minimum atomic E-state index is -0.336. The number of benzene rings is 1. The van der Waals surface area contributed by atoms with Crippen molar-refractivity contribution < 1.29 is 9.53 Å². The van der Waals surface area contributed by atoms with Gasteiger partial charge in [-0.1, -0.05) is 30.7 Å². The Morgan fingerprint density at radius 1 is 1.12 bits per heavy atom. The summed E-state index contributed by atoms with van der Waals surface area (Å²) in [5.74, 6) is -0.0247. The molecular weight excluding hydrogens is 302 g/mol. The molecule has 1 aromatic carbocycles. The molecule has 0 aromatic heterocycles. The summed E-state index contributed by atoms with van der Waals surface area (Å²) in [5, 5.41) is 2.97. The van der Waals surface area contributed by atoms with Crippen LogP contribution in [0.15, 0.2) is 24.3 Å². The molecule has 2 atom stereocenters. The molecule has 132 valence electrons. The number of nitrogens with zero attached hydrogens (tertiary/aromatic N) is 1. The molecule has 0 radical (unpaired) electrons. The van der Waals surface area contributed by atoms with E-state index in [9.17, 15) is 4.79 Å². The number of piperidine rings is 1. The molecule has 0 saturated carbocycles. The maximum atomic E-state index is 12.1. The zero-order valence-electron chi connectivity index (χ0n) is 14.4. The normalized spacial score (nSPS) is 24.9. The highest BCUT2D eigenvalue weighted by molar-refractivity contribution is 5.81. The molecule has 5 nitrogen and oxygen atoms in total. The molecule has 5 heteroatoms. The molecule has 0 unspecified atom stereocenters. The summed E-state index contributed by atoms with van der Waals surface area (Å²) in [6.07, 6.45) is 5.34. The van der Waals surface area contributed by atoms with Crippen LogP contribution in [0.25, 0.3) is 0 Å². The number of nitrogens with one attached hydrogen (secondary N) is 1. The lowest BCUT2D eigenvalue weighted by atomic mass is 10.1. The Bertz CT molecular complexity index is 526. The summed E-state index contributed by atoms with van der Waals surface area (Å²) in [7, 11) is 0. The summed E-state index contributed by atoms with van der Waals surface area (Å²) in [6.45, 7) is 4.49. The van der Waals surface area contributed by atoms with Gasteiger partial charge in [0.15, 0.2) is 0 Å². The van der Waals surface area contributed by atoms with Crippen molar-refractivity contribution in [1.82, 2.24) is 10.2 Å². The quantitative estimate of drug-likeness (QED) is 0.834. The van der Waals surface area contributed by atoms with Crippen molar-refractivity contribution >= 4 is 5.91 Å². The van der Waals surface area contributed by atoms with Gasteiger partial charge in [-0.05, 0) is 49.9 Å². The van der Waals surface area contributed by atoms with Crippen molar-refractivity contribution in [3.05, 3.63) is 35.4 Å². The number of hydrogen-bond acceptors (Lipinski definition) is 4. The van der Waals surface area contributed by atoms with Gasteiger partial charge in [0, 0.05) is 19.6 Å². The van der Waals surface area contributed by atoms with E-state index in [0.717, 1.165) is 24.9 Å². The maximum Gasteiger partial charge on any atom is 0.249 e. The molecule has 2 saturated heterocycles. The van der Waals surface area contributed by atoms with Crippen LogP contribution in [0, 0.1) is 0 Å². The molecule has 0 aliphatic carbocycles. The van der Waals surface area contributed by atoms with Crippen LogP contribution in [0.4, 0.5) is 0 Å². The van der Waals surface area contributed by atoms with Crippen molar-refractivity contribution in [3.63, 3.8) is 0 Å². The Morgan fingerprint density at radius 3 is 2.50 bits per heavy atom. The highest BCUT2D eigenvalue weighted by Gasteiger charge is 2.29. The average Bonchev–Trinajstić information content (AvgIpc) is 3.11. The first-order valence-electron chi connectivity index (χ1n) is 9.18. The first-order chi connectivity index (χ1) is 11.7. The third-order valence-electron chi connectivity index (χ3n) is 5.01. The zero-order chi connectivity index (χ0) is 16.8. The van der Waals surface area contributed by atoms with E-state index in [-0.39, 0.29) is 18.1 Å². The van der Waals surface area contributed by atoms with E-state index in [1.165, 1.54) is 37.9 Å². The number of carbonyl (C=O) groups excluding carboxylic acids is 1. The Balaban J connectivity index is 1.43. The smallest absolute Gasteiger partial charge is 0.249 e. The van der Waals surface area contributed by atoms with Crippen LogP contribution < -0.4 is 11.1 Å². The van der Waals surface area contributed by atoms with Crippen LogP contribution >= 0.6 is 0 Å². The van der Waals surface area contributed by atoms with Gasteiger partial charge in [0.25, 0.3) is 0 Å². The van der Waals surface area contributed by atoms with E-state index in [0.29, 0.717) is 13.1 Å². The van der Waals surface area contributed by atoms with E-state index in [1.54, 1.807) is 0 Å². The largest absolute Gasteiger partial charge is 0.364 e. The molecule has 3 N–H and O–H groups in total. The van der Waals surface area contributed by atoms with Gasteiger partial charge in [0.05, 0.1) is 6.10 Å². The van der Waals surface area contributed by atoms with E-state index in [4.69, 9.17) is 10.5 Å². The second-order valence-electron chi connectivity index (χ2n) is 6.93. The minimum absolute atomic E-state index is 0.0247. The predicted octanol–water partition coefficient (Wildman–Crippen LogP) is 1.79. The van der Waals surface area contributed by atoms with E-state index < -0.39 is 0 Å². The number of amides is 1. The number of likely N-dealkylation sites (tertiary alicyclic amines) is 1. The van der Waals surface area contributed by atoms with Crippen LogP contribution in [-0.4, -0.2) is 42.6 Å². The molecule has 1 amide bonds. The number of ether oxygens (including phenoxy) is 1. The average molecular weight is 331 g/mol. The Morgan fingerprint density at radius 2 is 1.83 bits per heavy atom. The van der Waals surface area contributed by atoms with Crippen LogP contribution in [0.3, 0.4) is 0 Å². The molecule has 2 aliphatic heterocycles. The minimum Gasteiger partial charge on any atom is -0.364 e. The molecule has 0 bridgehead atoms. The van der Waals surface area contributed by atoms with Crippen molar-refractivity contribution in [2.24, 2.45) is 5.73 Å². The number of carbonyl (C=O) groups is 1. The first kappa shape index (κ1) is 17.4. The third-order valence-corrected chi connectivity index (χ3v) is 5.01. The van der Waals surface area contributed by atoms with Gasteiger partial charge in [-0.2, -0.15) is 0 Å². The lowest BCUT2D eigenvalue weighted by Gasteiger charge is -2.26. The van der Waals surface area contributed by atoms with Gasteiger partial charge in [0.2, 0.25) is 5.91 Å². The number of nitrogens with two attached hydrogens (primary N) is 1. The molecule has 1 aromatic rings.